The summed E-state index contributed by atoms with van der Waals surface area (Å²) in [7, 11) is 1.38. The van der Waals surface area contributed by atoms with Gasteiger partial charge in [-0.2, -0.15) is 0 Å². The molecule has 0 aliphatic rings. The number of aliphatic carboxylic acids is 1. The molecule has 2 N–H and O–H groups in total. The minimum atomic E-state index is -1.41. The number of ether oxygens (including phenoxy) is 1. The van der Waals surface area contributed by atoms with E-state index >= 15 is 0 Å². The molecule has 0 aromatic heterocycles. The maximum atomic E-state index is 10.2. The average molecular weight is 240 g/mol. The predicted molar refractivity (Wildman–Crippen MR) is 61.3 cm³/mol. The molecule has 1 aromatic carbocycles. The number of esters is 1. The van der Waals surface area contributed by atoms with E-state index in [9.17, 15) is 9.59 Å². The molecule has 1 aromatic rings. The first-order valence-electron chi connectivity index (χ1n) is 5.05. The summed E-state index contributed by atoms with van der Waals surface area (Å²) in [6, 6.07) is 8.26. The third kappa shape index (κ3) is 6.32. The number of aliphatic hydroxyl groups excluding tert-OH is 1. The number of hydrogen-bond acceptors (Lipinski definition) is 4. The van der Waals surface area contributed by atoms with E-state index in [1.165, 1.54) is 7.11 Å². The van der Waals surface area contributed by atoms with Gasteiger partial charge in [0.15, 0.2) is 6.10 Å². The van der Waals surface area contributed by atoms with E-state index in [1.807, 2.05) is 0 Å². The van der Waals surface area contributed by atoms with E-state index in [0.717, 1.165) is 0 Å². The quantitative estimate of drug-likeness (QED) is 0.779. The Morgan fingerprint density at radius 2 is 1.82 bits per heavy atom. The van der Waals surface area contributed by atoms with Crippen LogP contribution < -0.4 is 0 Å². The zero-order valence-corrected chi connectivity index (χ0v) is 9.79. The van der Waals surface area contributed by atoms with Crippen molar-refractivity contribution in [2.45, 2.75) is 19.4 Å². The fourth-order valence-electron chi connectivity index (χ4n) is 0.922. The van der Waals surface area contributed by atoms with Gasteiger partial charge in [0.25, 0.3) is 0 Å². The Kier molecular flexibility index (Phi) is 7.38. The fourth-order valence-corrected chi connectivity index (χ4v) is 0.922. The molecule has 0 fully saturated rings. The number of benzene rings is 1. The largest absolute Gasteiger partial charge is 0.479 e. The van der Waals surface area contributed by atoms with Gasteiger partial charge in [0.2, 0.25) is 0 Å². The molecular weight excluding hydrogens is 224 g/mol. The van der Waals surface area contributed by atoms with E-state index in [-0.39, 0.29) is 5.97 Å². The topological polar surface area (TPSA) is 83.8 Å². The number of carbonyl (C=O) groups is 2. The number of carboxylic acids is 1. The smallest absolute Gasteiger partial charge is 0.337 e. The molecule has 17 heavy (non-hydrogen) atoms. The van der Waals surface area contributed by atoms with Gasteiger partial charge >= 0.3 is 11.9 Å². The van der Waals surface area contributed by atoms with Gasteiger partial charge in [0.05, 0.1) is 7.11 Å². The van der Waals surface area contributed by atoms with Gasteiger partial charge in [-0.05, 0) is 5.56 Å². The Morgan fingerprint density at radius 1 is 1.29 bits per heavy atom. The lowest BCUT2D eigenvalue weighted by Gasteiger charge is -2.03. The molecule has 0 heterocycles. The minimum absolute atomic E-state index is 0.157. The Hall–Kier alpha value is -1.88. The summed E-state index contributed by atoms with van der Waals surface area (Å²) in [5.74, 6) is -1.38. The Bertz CT molecular complexity index is 341. The van der Waals surface area contributed by atoms with E-state index in [0.29, 0.717) is 12.0 Å². The van der Waals surface area contributed by atoms with Gasteiger partial charge in [-0.3, -0.25) is 4.79 Å². The molecular formula is C12H16O5. The first kappa shape index (κ1) is 15.1. The van der Waals surface area contributed by atoms with Crippen molar-refractivity contribution in [2.75, 3.05) is 7.11 Å². The second kappa shape index (κ2) is 8.29. The normalized spacial score (nSPS) is 10.8. The van der Waals surface area contributed by atoms with Crippen LogP contribution in [0.3, 0.4) is 0 Å². The molecule has 0 bridgehead atoms. The van der Waals surface area contributed by atoms with Crippen molar-refractivity contribution >= 4 is 11.9 Å². The van der Waals surface area contributed by atoms with Gasteiger partial charge < -0.3 is 14.9 Å². The predicted octanol–water partition coefficient (Wildman–Crippen LogP) is 1.37. The third-order valence-corrected chi connectivity index (χ3v) is 1.87. The van der Waals surface area contributed by atoms with Crippen molar-refractivity contribution in [3.05, 3.63) is 35.9 Å². The van der Waals surface area contributed by atoms with Gasteiger partial charge in [0.1, 0.15) is 0 Å². The number of aliphatic hydroxyl groups is 1. The minimum Gasteiger partial charge on any atom is -0.479 e. The van der Waals surface area contributed by atoms with Gasteiger partial charge in [-0.1, -0.05) is 37.3 Å². The van der Waals surface area contributed by atoms with Crippen LogP contribution in [-0.4, -0.2) is 29.3 Å². The number of methoxy groups -OCH3 is 1. The van der Waals surface area contributed by atoms with Crippen molar-refractivity contribution in [1.29, 1.82) is 0 Å². The van der Waals surface area contributed by atoms with Gasteiger partial charge in [-0.15, -0.1) is 0 Å². The molecule has 5 nitrogen and oxygen atoms in total. The number of hydrogen-bond donors (Lipinski definition) is 2. The molecule has 0 aliphatic carbocycles. The molecule has 0 spiro atoms. The average Bonchev–Trinajstić information content (AvgIpc) is 2.38. The summed E-state index contributed by atoms with van der Waals surface area (Å²) < 4.78 is 4.26. The van der Waals surface area contributed by atoms with Crippen LogP contribution in [0.2, 0.25) is 0 Å². The highest BCUT2D eigenvalue weighted by Crippen LogP contribution is 2.10. The van der Waals surface area contributed by atoms with Crippen LogP contribution in [0.4, 0.5) is 0 Å². The van der Waals surface area contributed by atoms with Gasteiger partial charge in [0, 0.05) is 6.42 Å². The van der Waals surface area contributed by atoms with E-state index in [2.05, 4.69) is 4.74 Å². The SMILES string of the molecule is CCC(=O)OC.O=C(O)[C@H](O)c1ccccc1. The van der Waals surface area contributed by atoms with Crippen LogP contribution in [0.5, 0.6) is 0 Å². The highest BCUT2D eigenvalue weighted by molar-refractivity contribution is 5.73. The molecule has 5 heteroatoms. The molecule has 1 atom stereocenters. The lowest BCUT2D eigenvalue weighted by Crippen LogP contribution is -2.09. The third-order valence-electron chi connectivity index (χ3n) is 1.87. The fraction of sp³-hybridized carbons (Fsp3) is 0.333. The number of carbonyl (C=O) groups excluding carboxylic acids is 1. The van der Waals surface area contributed by atoms with Crippen molar-refractivity contribution in [1.82, 2.24) is 0 Å². The second-order valence-corrected chi connectivity index (χ2v) is 3.08. The summed E-state index contributed by atoms with van der Waals surface area (Å²) in [6.45, 7) is 1.76. The molecule has 94 valence electrons. The lowest BCUT2D eigenvalue weighted by atomic mass is 10.1. The second-order valence-electron chi connectivity index (χ2n) is 3.08. The molecule has 0 saturated heterocycles. The zero-order chi connectivity index (χ0) is 13.3. The maximum absolute atomic E-state index is 10.2. The van der Waals surface area contributed by atoms with Crippen molar-refractivity contribution in [3.8, 4) is 0 Å². The summed E-state index contributed by atoms with van der Waals surface area (Å²) >= 11 is 0. The Balaban J connectivity index is 0.000000366. The summed E-state index contributed by atoms with van der Waals surface area (Å²) in [5, 5.41) is 17.4. The van der Waals surface area contributed by atoms with Crippen LogP contribution in [-0.2, 0) is 14.3 Å². The van der Waals surface area contributed by atoms with Crippen molar-refractivity contribution in [2.24, 2.45) is 0 Å². The first-order valence-corrected chi connectivity index (χ1v) is 5.05. The molecule has 0 aliphatic heterocycles. The zero-order valence-electron chi connectivity index (χ0n) is 9.79. The van der Waals surface area contributed by atoms with Crippen LogP contribution in [0.25, 0.3) is 0 Å². The highest BCUT2D eigenvalue weighted by atomic mass is 16.5. The van der Waals surface area contributed by atoms with E-state index in [1.54, 1.807) is 37.3 Å². The summed E-state index contributed by atoms with van der Waals surface area (Å²) in [4.78, 5) is 20.2. The van der Waals surface area contributed by atoms with Crippen LogP contribution in [0.15, 0.2) is 30.3 Å². The van der Waals surface area contributed by atoms with Crippen molar-refractivity contribution < 1.29 is 24.5 Å². The number of rotatable bonds is 3. The Morgan fingerprint density at radius 3 is 2.12 bits per heavy atom. The Labute approximate surface area is 99.7 Å². The van der Waals surface area contributed by atoms with E-state index in [4.69, 9.17) is 10.2 Å². The maximum Gasteiger partial charge on any atom is 0.337 e. The number of carboxylic acid groups (broad SMARTS) is 1. The standard InChI is InChI=1S/C8H8O3.C4H8O2/c9-7(8(10)11)6-4-2-1-3-5-6;1-3-4(5)6-2/h1-5,7,9H,(H,10,11);3H2,1-2H3/t7-;/m1./s1. The highest BCUT2D eigenvalue weighted by Gasteiger charge is 2.14. The summed E-state index contributed by atoms with van der Waals surface area (Å²) in [6.07, 6.45) is -0.938. The van der Waals surface area contributed by atoms with Gasteiger partial charge in [-0.25, -0.2) is 4.79 Å². The lowest BCUT2D eigenvalue weighted by molar-refractivity contribution is -0.147. The molecule has 0 radical (unpaired) electrons. The van der Waals surface area contributed by atoms with E-state index < -0.39 is 12.1 Å². The van der Waals surface area contributed by atoms with Crippen molar-refractivity contribution in [3.63, 3.8) is 0 Å². The first-order chi connectivity index (χ1) is 8.02. The molecule has 0 saturated carbocycles. The molecule has 0 unspecified atom stereocenters. The van der Waals surface area contributed by atoms with Crippen LogP contribution in [0, 0.1) is 0 Å². The molecule has 0 amide bonds. The molecule has 1 rings (SSSR count). The summed E-state index contributed by atoms with van der Waals surface area (Å²) in [5.41, 5.74) is 0.403. The van der Waals surface area contributed by atoms with Crippen LogP contribution >= 0.6 is 0 Å². The monoisotopic (exact) mass is 240 g/mol. The van der Waals surface area contributed by atoms with Crippen LogP contribution in [0.1, 0.15) is 25.0 Å².